The minimum atomic E-state index is -2.69. The van der Waals surface area contributed by atoms with E-state index < -0.39 is 17.7 Å². The second kappa shape index (κ2) is 3.05. The van der Waals surface area contributed by atoms with E-state index in [0.717, 1.165) is 12.1 Å². The lowest BCUT2D eigenvalue weighted by molar-refractivity contribution is 0.147. The highest BCUT2D eigenvalue weighted by Crippen LogP contribution is 2.29. The van der Waals surface area contributed by atoms with Gasteiger partial charge in [0.05, 0.1) is 5.56 Å². The van der Waals surface area contributed by atoms with Crippen LogP contribution in [0.3, 0.4) is 0 Å². The summed E-state index contributed by atoms with van der Waals surface area (Å²) >= 11 is 5.42. The first-order chi connectivity index (χ1) is 5.11. The molecule has 1 N–H and O–H groups in total. The van der Waals surface area contributed by atoms with E-state index in [1.54, 1.807) is 0 Å². The zero-order valence-electron chi connectivity index (χ0n) is 5.39. The molecule has 0 spiro atoms. The maximum Gasteiger partial charge on any atom is 0.267 e. The molecule has 0 atom stereocenters. The molecule has 60 valence electrons. The van der Waals surface area contributed by atoms with E-state index in [-0.39, 0.29) is 5.02 Å². The minimum Gasteiger partial charge on any atom is -0.507 e. The SMILES string of the molecule is Oc1ccc(Cl)cc1C(F)F. The smallest absolute Gasteiger partial charge is 0.267 e. The van der Waals surface area contributed by atoms with Gasteiger partial charge in [0.1, 0.15) is 5.75 Å². The Labute approximate surface area is 67.2 Å². The predicted octanol–water partition coefficient (Wildman–Crippen LogP) is 2.98. The van der Waals surface area contributed by atoms with E-state index >= 15 is 0 Å². The summed E-state index contributed by atoms with van der Waals surface area (Å²) < 4.78 is 24.0. The standard InChI is InChI=1S/C7H5ClF2O/c8-4-1-2-6(11)5(3-4)7(9)10/h1-3,7,11H. The Balaban J connectivity index is 3.13. The average molecular weight is 179 g/mol. The fraction of sp³-hybridized carbons (Fsp3) is 0.143. The van der Waals surface area contributed by atoms with Gasteiger partial charge >= 0.3 is 0 Å². The molecule has 0 aliphatic rings. The molecule has 0 aromatic heterocycles. The number of phenolic OH excluding ortho intramolecular Hbond substituents is 1. The molecule has 0 aliphatic heterocycles. The first-order valence-electron chi connectivity index (χ1n) is 2.88. The molecule has 1 aromatic carbocycles. The Kier molecular flexibility index (Phi) is 2.29. The number of hydrogen-bond acceptors (Lipinski definition) is 1. The lowest BCUT2D eigenvalue weighted by atomic mass is 10.2. The Hall–Kier alpha value is -0.830. The largest absolute Gasteiger partial charge is 0.507 e. The van der Waals surface area contributed by atoms with Crippen LogP contribution < -0.4 is 0 Å². The van der Waals surface area contributed by atoms with E-state index in [2.05, 4.69) is 0 Å². The molecule has 1 rings (SSSR count). The third kappa shape index (κ3) is 1.80. The van der Waals surface area contributed by atoms with E-state index in [1.165, 1.54) is 6.07 Å². The number of aromatic hydroxyl groups is 1. The molecule has 0 radical (unpaired) electrons. The van der Waals surface area contributed by atoms with Gasteiger partial charge in [0.2, 0.25) is 0 Å². The number of phenols is 1. The van der Waals surface area contributed by atoms with Crippen LogP contribution in [0.15, 0.2) is 18.2 Å². The Morgan fingerprint density at radius 3 is 2.45 bits per heavy atom. The van der Waals surface area contributed by atoms with Gasteiger partial charge in [-0.2, -0.15) is 0 Å². The molecule has 0 bridgehead atoms. The van der Waals surface area contributed by atoms with Crippen LogP contribution in [0.25, 0.3) is 0 Å². The Bertz CT molecular complexity index is 263. The van der Waals surface area contributed by atoms with Crippen LogP contribution in [0.4, 0.5) is 8.78 Å². The van der Waals surface area contributed by atoms with Crippen molar-refractivity contribution in [2.24, 2.45) is 0 Å². The third-order valence-corrected chi connectivity index (χ3v) is 1.46. The molecule has 0 saturated heterocycles. The van der Waals surface area contributed by atoms with Gasteiger partial charge in [0.25, 0.3) is 6.43 Å². The van der Waals surface area contributed by atoms with E-state index in [4.69, 9.17) is 16.7 Å². The molecule has 0 fully saturated rings. The van der Waals surface area contributed by atoms with Gasteiger partial charge in [-0.3, -0.25) is 0 Å². The molecule has 4 heteroatoms. The van der Waals surface area contributed by atoms with Crippen LogP contribution in [0, 0.1) is 0 Å². The first kappa shape index (κ1) is 8.27. The number of rotatable bonds is 1. The van der Waals surface area contributed by atoms with Crippen molar-refractivity contribution in [2.75, 3.05) is 0 Å². The van der Waals surface area contributed by atoms with Crippen molar-refractivity contribution in [3.63, 3.8) is 0 Å². The number of hydrogen-bond donors (Lipinski definition) is 1. The molecule has 0 heterocycles. The number of halogens is 3. The van der Waals surface area contributed by atoms with Crippen molar-refractivity contribution in [2.45, 2.75) is 6.43 Å². The Morgan fingerprint density at radius 2 is 2.00 bits per heavy atom. The monoisotopic (exact) mass is 178 g/mol. The highest BCUT2D eigenvalue weighted by molar-refractivity contribution is 6.30. The van der Waals surface area contributed by atoms with Crippen LogP contribution in [-0.2, 0) is 0 Å². The van der Waals surface area contributed by atoms with Crippen LogP contribution >= 0.6 is 11.6 Å². The molecular formula is C7H5ClF2O. The minimum absolute atomic E-state index is 0.193. The number of alkyl halides is 2. The van der Waals surface area contributed by atoms with Gasteiger partial charge < -0.3 is 5.11 Å². The molecule has 11 heavy (non-hydrogen) atoms. The van der Waals surface area contributed by atoms with Crippen molar-refractivity contribution >= 4 is 11.6 Å². The van der Waals surface area contributed by atoms with Gasteiger partial charge in [0, 0.05) is 5.02 Å². The third-order valence-electron chi connectivity index (χ3n) is 1.22. The topological polar surface area (TPSA) is 20.2 Å². The van der Waals surface area contributed by atoms with Gasteiger partial charge in [-0.05, 0) is 18.2 Å². The lowest BCUT2D eigenvalue weighted by Gasteiger charge is -2.02. The maximum absolute atomic E-state index is 12.0. The summed E-state index contributed by atoms with van der Waals surface area (Å²) in [7, 11) is 0. The highest BCUT2D eigenvalue weighted by atomic mass is 35.5. The summed E-state index contributed by atoms with van der Waals surface area (Å²) in [5, 5.41) is 9.06. The van der Waals surface area contributed by atoms with E-state index in [9.17, 15) is 8.78 Å². The average Bonchev–Trinajstić information content (AvgIpc) is 1.94. The zero-order chi connectivity index (χ0) is 8.43. The second-order valence-corrected chi connectivity index (χ2v) is 2.44. The molecule has 0 unspecified atom stereocenters. The second-order valence-electron chi connectivity index (χ2n) is 2.00. The number of benzene rings is 1. The van der Waals surface area contributed by atoms with Gasteiger partial charge in [-0.25, -0.2) is 8.78 Å². The van der Waals surface area contributed by atoms with Crippen LogP contribution in [0.5, 0.6) is 5.75 Å². The normalized spacial score (nSPS) is 10.5. The predicted molar refractivity (Wildman–Crippen MR) is 38.1 cm³/mol. The molecular weight excluding hydrogens is 174 g/mol. The van der Waals surface area contributed by atoms with Crippen molar-refractivity contribution in [1.29, 1.82) is 0 Å². The van der Waals surface area contributed by atoms with Crippen molar-refractivity contribution in [3.8, 4) is 5.75 Å². The summed E-state index contributed by atoms with van der Waals surface area (Å²) in [4.78, 5) is 0. The summed E-state index contributed by atoms with van der Waals surface area (Å²) in [5.41, 5.74) is -0.433. The lowest BCUT2D eigenvalue weighted by Crippen LogP contribution is -1.84. The van der Waals surface area contributed by atoms with Crippen molar-refractivity contribution in [3.05, 3.63) is 28.8 Å². The maximum atomic E-state index is 12.0. The van der Waals surface area contributed by atoms with Gasteiger partial charge in [-0.1, -0.05) is 11.6 Å². The summed E-state index contributed by atoms with van der Waals surface area (Å²) in [6, 6.07) is 3.54. The summed E-state index contributed by atoms with van der Waals surface area (Å²) in [5.74, 6) is -0.426. The van der Waals surface area contributed by atoms with E-state index in [0.29, 0.717) is 0 Å². The summed E-state index contributed by atoms with van der Waals surface area (Å²) in [6.45, 7) is 0. The Morgan fingerprint density at radius 1 is 1.36 bits per heavy atom. The first-order valence-corrected chi connectivity index (χ1v) is 3.25. The van der Waals surface area contributed by atoms with Crippen molar-refractivity contribution in [1.82, 2.24) is 0 Å². The summed E-state index contributed by atoms with van der Waals surface area (Å²) in [6.07, 6.45) is -2.69. The van der Waals surface area contributed by atoms with Crippen LogP contribution in [0.2, 0.25) is 5.02 Å². The highest BCUT2D eigenvalue weighted by Gasteiger charge is 2.12. The van der Waals surface area contributed by atoms with E-state index in [1.807, 2.05) is 0 Å². The van der Waals surface area contributed by atoms with Gasteiger partial charge in [0.15, 0.2) is 0 Å². The van der Waals surface area contributed by atoms with Crippen LogP contribution in [-0.4, -0.2) is 5.11 Å². The molecule has 1 aromatic rings. The molecule has 0 aliphatic carbocycles. The van der Waals surface area contributed by atoms with Crippen LogP contribution in [0.1, 0.15) is 12.0 Å². The fourth-order valence-corrected chi connectivity index (χ4v) is 0.881. The van der Waals surface area contributed by atoms with Gasteiger partial charge in [-0.15, -0.1) is 0 Å². The zero-order valence-corrected chi connectivity index (χ0v) is 6.15. The van der Waals surface area contributed by atoms with Crippen molar-refractivity contribution < 1.29 is 13.9 Å². The quantitative estimate of drug-likeness (QED) is 0.701. The molecule has 0 saturated carbocycles. The molecule has 1 nitrogen and oxygen atoms in total. The fourth-order valence-electron chi connectivity index (χ4n) is 0.700. The molecule has 0 amide bonds.